The quantitative estimate of drug-likeness (QED) is 0.915. The van der Waals surface area contributed by atoms with Crippen LogP contribution in [0.4, 0.5) is 0 Å². The number of nitrogens with zero attached hydrogens (tertiary/aromatic N) is 1. The lowest BCUT2D eigenvalue weighted by atomic mass is 9.90. The Hall–Kier alpha value is -1.73. The Balaban J connectivity index is 1.93. The molecule has 2 rings (SSSR count). The van der Waals surface area contributed by atoms with Crippen LogP contribution in [-0.4, -0.2) is 17.2 Å². The third-order valence-corrected chi connectivity index (χ3v) is 4.18. The molecule has 1 saturated carbocycles. The zero-order valence-corrected chi connectivity index (χ0v) is 12.5. The molecule has 1 fully saturated rings. The fraction of sp³-hybridized carbons (Fsp3) is 0.500. The van der Waals surface area contributed by atoms with E-state index in [1.165, 1.54) is 0 Å². The zero-order valence-electron chi connectivity index (χ0n) is 11.7. The van der Waals surface area contributed by atoms with E-state index in [1.807, 2.05) is 6.07 Å². The molecule has 1 aliphatic carbocycles. The molecule has 1 N–H and O–H groups in total. The van der Waals surface area contributed by atoms with Gasteiger partial charge in [0, 0.05) is 6.07 Å². The van der Waals surface area contributed by atoms with Crippen LogP contribution in [0.2, 0.25) is 5.02 Å². The number of carbonyl (C=O) groups is 1. The standard InChI is InChI=1S/C16H18ClNO3/c17-15-9-14(8-7-12(15)10-18)21-13-5-1-3-11(16(19)20)4-2-6-13/h7-9,11,13H,1-6H2,(H,19,20). The van der Waals surface area contributed by atoms with Crippen molar-refractivity contribution in [1.82, 2.24) is 0 Å². The Morgan fingerprint density at radius 3 is 2.48 bits per heavy atom. The van der Waals surface area contributed by atoms with E-state index in [4.69, 9.17) is 26.7 Å². The summed E-state index contributed by atoms with van der Waals surface area (Å²) in [7, 11) is 0. The van der Waals surface area contributed by atoms with Crippen LogP contribution in [0.3, 0.4) is 0 Å². The number of carboxylic acid groups (broad SMARTS) is 1. The summed E-state index contributed by atoms with van der Waals surface area (Å²) in [5, 5.41) is 18.3. The van der Waals surface area contributed by atoms with Gasteiger partial charge in [-0.1, -0.05) is 11.6 Å². The molecule has 0 spiro atoms. The van der Waals surface area contributed by atoms with E-state index >= 15 is 0 Å². The Morgan fingerprint density at radius 1 is 1.29 bits per heavy atom. The van der Waals surface area contributed by atoms with Crippen LogP contribution in [-0.2, 0) is 4.79 Å². The van der Waals surface area contributed by atoms with Gasteiger partial charge in [0.25, 0.3) is 0 Å². The molecule has 21 heavy (non-hydrogen) atoms. The number of aliphatic carboxylic acids is 1. The first-order valence-corrected chi connectivity index (χ1v) is 7.57. The van der Waals surface area contributed by atoms with Gasteiger partial charge in [-0.05, 0) is 50.7 Å². The monoisotopic (exact) mass is 307 g/mol. The maximum Gasteiger partial charge on any atom is 0.306 e. The van der Waals surface area contributed by atoms with Crippen molar-refractivity contribution in [2.45, 2.75) is 44.6 Å². The van der Waals surface area contributed by atoms with Gasteiger partial charge in [-0.3, -0.25) is 4.79 Å². The molecule has 1 aliphatic rings. The topological polar surface area (TPSA) is 70.3 Å². The Bertz CT molecular complexity index is 543. The maximum atomic E-state index is 11.0. The molecule has 4 nitrogen and oxygen atoms in total. The van der Waals surface area contributed by atoms with E-state index in [0.717, 1.165) is 25.7 Å². The lowest BCUT2D eigenvalue weighted by Crippen LogP contribution is -2.22. The van der Waals surface area contributed by atoms with Gasteiger partial charge in [0.1, 0.15) is 11.8 Å². The van der Waals surface area contributed by atoms with E-state index < -0.39 is 5.97 Å². The van der Waals surface area contributed by atoms with Crippen molar-refractivity contribution < 1.29 is 14.6 Å². The molecular weight excluding hydrogens is 290 g/mol. The minimum Gasteiger partial charge on any atom is -0.490 e. The number of benzene rings is 1. The fourth-order valence-corrected chi connectivity index (χ4v) is 2.90. The van der Waals surface area contributed by atoms with Crippen molar-refractivity contribution in [3.05, 3.63) is 28.8 Å². The van der Waals surface area contributed by atoms with Crippen LogP contribution in [0.5, 0.6) is 5.75 Å². The van der Waals surface area contributed by atoms with E-state index in [1.54, 1.807) is 18.2 Å². The van der Waals surface area contributed by atoms with Gasteiger partial charge in [0.15, 0.2) is 0 Å². The molecule has 0 radical (unpaired) electrons. The summed E-state index contributed by atoms with van der Waals surface area (Å²) in [6.07, 6.45) is 4.91. The van der Waals surface area contributed by atoms with E-state index in [9.17, 15) is 4.79 Å². The highest BCUT2D eigenvalue weighted by Crippen LogP contribution is 2.28. The lowest BCUT2D eigenvalue weighted by molar-refractivity contribution is -0.142. The summed E-state index contributed by atoms with van der Waals surface area (Å²) in [6.45, 7) is 0. The van der Waals surface area contributed by atoms with Crippen LogP contribution in [0.15, 0.2) is 18.2 Å². The third kappa shape index (κ3) is 4.37. The lowest BCUT2D eigenvalue weighted by Gasteiger charge is -2.23. The van der Waals surface area contributed by atoms with Crippen LogP contribution < -0.4 is 4.74 Å². The second-order valence-corrected chi connectivity index (χ2v) is 5.80. The molecule has 0 aromatic heterocycles. The highest BCUT2D eigenvalue weighted by molar-refractivity contribution is 6.31. The van der Waals surface area contributed by atoms with E-state index in [-0.39, 0.29) is 12.0 Å². The molecule has 0 unspecified atom stereocenters. The van der Waals surface area contributed by atoms with Crippen LogP contribution in [0, 0.1) is 17.2 Å². The van der Waals surface area contributed by atoms with E-state index in [2.05, 4.69) is 0 Å². The van der Waals surface area contributed by atoms with Gasteiger partial charge in [-0.2, -0.15) is 5.26 Å². The van der Waals surface area contributed by atoms with Crippen molar-refractivity contribution in [3.63, 3.8) is 0 Å². The second kappa shape index (κ2) is 7.33. The largest absolute Gasteiger partial charge is 0.490 e. The molecule has 1 aromatic rings. The molecule has 0 bridgehead atoms. The van der Waals surface area contributed by atoms with Gasteiger partial charge in [0.2, 0.25) is 0 Å². The minimum absolute atomic E-state index is 0.0868. The molecule has 0 amide bonds. The predicted molar refractivity (Wildman–Crippen MR) is 79.4 cm³/mol. The van der Waals surface area contributed by atoms with Crippen molar-refractivity contribution in [1.29, 1.82) is 5.26 Å². The third-order valence-electron chi connectivity index (χ3n) is 3.87. The van der Waals surface area contributed by atoms with Crippen LogP contribution >= 0.6 is 11.6 Å². The average Bonchev–Trinajstić information content (AvgIpc) is 2.41. The van der Waals surface area contributed by atoms with Gasteiger partial charge in [-0.25, -0.2) is 0 Å². The maximum absolute atomic E-state index is 11.0. The number of ether oxygens (including phenoxy) is 1. The molecular formula is C16H18ClNO3. The zero-order chi connectivity index (χ0) is 15.2. The number of rotatable bonds is 3. The molecule has 0 heterocycles. The highest BCUT2D eigenvalue weighted by Gasteiger charge is 2.22. The summed E-state index contributed by atoms with van der Waals surface area (Å²) in [5.74, 6) is -0.233. The number of hydrogen-bond acceptors (Lipinski definition) is 3. The minimum atomic E-state index is -0.687. The fourth-order valence-electron chi connectivity index (χ4n) is 2.69. The second-order valence-electron chi connectivity index (χ2n) is 5.39. The van der Waals surface area contributed by atoms with Crippen molar-refractivity contribution in [2.75, 3.05) is 0 Å². The SMILES string of the molecule is N#Cc1ccc(OC2CCCC(C(=O)O)CCC2)cc1Cl. The van der Waals surface area contributed by atoms with Crippen molar-refractivity contribution in [3.8, 4) is 11.8 Å². The Morgan fingerprint density at radius 2 is 1.95 bits per heavy atom. The summed E-state index contributed by atoms with van der Waals surface area (Å²) < 4.78 is 5.93. The first-order chi connectivity index (χ1) is 10.1. The number of hydrogen-bond donors (Lipinski definition) is 1. The predicted octanol–water partition coefficient (Wildman–Crippen LogP) is 4.01. The highest BCUT2D eigenvalue weighted by atomic mass is 35.5. The van der Waals surface area contributed by atoms with Gasteiger partial charge in [-0.15, -0.1) is 0 Å². The first kappa shape index (κ1) is 15.7. The van der Waals surface area contributed by atoms with Crippen LogP contribution in [0.25, 0.3) is 0 Å². The van der Waals surface area contributed by atoms with Gasteiger partial charge in [0.05, 0.1) is 22.6 Å². The summed E-state index contributed by atoms with van der Waals surface area (Å²) >= 11 is 5.99. The molecule has 5 heteroatoms. The molecule has 1 aromatic carbocycles. The molecule has 0 saturated heterocycles. The summed E-state index contributed by atoms with van der Waals surface area (Å²) in [6, 6.07) is 7.09. The van der Waals surface area contributed by atoms with Crippen LogP contribution in [0.1, 0.15) is 44.1 Å². The van der Waals surface area contributed by atoms with E-state index in [0.29, 0.717) is 29.2 Å². The van der Waals surface area contributed by atoms with Crippen molar-refractivity contribution >= 4 is 17.6 Å². The average molecular weight is 308 g/mol. The molecule has 112 valence electrons. The summed E-state index contributed by atoms with van der Waals surface area (Å²) in [4.78, 5) is 11.0. The molecule has 0 atom stereocenters. The number of nitriles is 1. The van der Waals surface area contributed by atoms with Gasteiger partial charge < -0.3 is 9.84 Å². The number of halogens is 1. The first-order valence-electron chi connectivity index (χ1n) is 7.19. The Kier molecular flexibility index (Phi) is 5.46. The smallest absolute Gasteiger partial charge is 0.306 e. The van der Waals surface area contributed by atoms with Gasteiger partial charge >= 0.3 is 5.97 Å². The van der Waals surface area contributed by atoms with Crippen molar-refractivity contribution in [2.24, 2.45) is 5.92 Å². The number of carboxylic acids is 1. The normalized spacial score (nSPS) is 22.7. The summed E-state index contributed by atoms with van der Waals surface area (Å²) in [5.41, 5.74) is 0.436. The molecule has 0 aliphatic heterocycles. The Labute approximate surface area is 129 Å².